The number of carbonyl (C=O) groups excluding carboxylic acids is 1. The van der Waals surface area contributed by atoms with Gasteiger partial charge in [-0.2, -0.15) is 0 Å². The van der Waals surface area contributed by atoms with E-state index >= 15 is 0 Å². The zero-order valence-corrected chi connectivity index (χ0v) is 17.8. The molecular formula is C23H32N6O. The van der Waals surface area contributed by atoms with Gasteiger partial charge >= 0.3 is 0 Å². The van der Waals surface area contributed by atoms with Crippen LogP contribution in [0.3, 0.4) is 0 Å². The Kier molecular flexibility index (Phi) is 5.56. The van der Waals surface area contributed by atoms with E-state index in [1.807, 2.05) is 10.7 Å². The molecule has 0 radical (unpaired) electrons. The van der Waals surface area contributed by atoms with Gasteiger partial charge in [-0.3, -0.25) is 19.3 Å². The topological polar surface area (TPSA) is 66.3 Å². The SMILES string of the molecule is CN(Cc1ccccc1)Cc1cn(CC2CC3CCN2CC3C(=O)NC2CC2)nn1. The molecule has 3 saturated heterocycles. The number of benzene rings is 1. The molecule has 3 aliphatic heterocycles. The molecule has 4 atom stereocenters. The highest BCUT2D eigenvalue weighted by Gasteiger charge is 2.44. The van der Waals surface area contributed by atoms with Gasteiger partial charge in [-0.1, -0.05) is 35.5 Å². The van der Waals surface area contributed by atoms with Gasteiger partial charge in [0, 0.05) is 37.9 Å². The lowest BCUT2D eigenvalue weighted by molar-refractivity contribution is -0.133. The Balaban J connectivity index is 1.14. The average Bonchev–Trinajstić information content (AvgIpc) is 3.46. The second-order valence-corrected chi connectivity index (χ2v) is 9.41. The monoisotopic (exact) mass is 408 g/mol. The van der Waals surface area contributed by atoms with Gasteiger partial charge in [-0.15, -0.1) is 5.10 Å². The summed E-state index contributed by atoms with van der Waals surface area (Å²) in [7, 11) is 2.12. The number of piperidine rings is 3. The first-order chi connectivity index (χ1) is 14.6. The van der Waals surface area contributed by atoms with Gasteiger partial charge < -0.3 is 5.32 Å². The number of nitrogens with zero attached hydrogens (tertiary/aromatic N) is 5. The molecule has 2 aromatic rings. The number of amides is 1. The predicted octanol–water partition coefficient (Wildman–Crippen LogP) is 1.90. The standard InChI is InChI=1S/C23H32N6O/c1-27(12-17-5-3-2-4-6-17)13-20-14-29(26-25-20)15-21-11-18-9-10-28(21)16-22(18)23(30)24-19-7-8-19/h2-6,14,18-19,21-22H,7-13,15-16H2,1H3,(H,24,30). The van der Waals surface area contributed by atoms with Crippen LogP contribution in [0.4, 0.5) is 0 Å². The first kappa shape index (κ1) is 19.7. The number of rotatable bonds is 8. The molecule has 1 N–H and O–H groups in total. The summed E-state index contributed by atoms with van der Waals surface area (Å²) in [6.45, 7) is 4.55. The summed E-state index contributed by atoms with van der Waals surface area (Å²) in [5.41, 5.74) is 2.31. The summed E-state index contributed by atoms with van der Waals surface area (Å²) >= 11 is 0. The van der Waals surface area contributed by atoms with E-state index in [1.165, 1.54) is 5.56 Å². The maximum absolute atomic E-state index is 12.6. The Labute approximate surface area is 178 Å². The molecule has 4 unspecified atom stereocenters. The molecule has 7 nitrogen and oxygen atoms in total. The van der Waals surface area contributed by atoms with Crippen LogP contribution in [0.1, 0.15) is 36.9 Å². The van der Waals surface area contributed by atoms with Crippen LogP contribution in [0.25, 0.3) is 0 Å². The Morgan fingerprint density at radius 1 is 1.20 bits per heavy atom. The largest absolute Gasteiger partial charge is 0.353 e. The van der Waals surface area contributed by atoms with E-state index in [1.54, 1.807) is 0 Å². The third-order valence-corrected chi connectivity index (χ3v) is 6.85. The molecule has 1 amide bonds. The van der Waals surface area contributed by atoms with Crippen molar-refractivity contribution in [2.75, 3.05) is 20.1 Å². The van der Waals surface area contributed by atoms with Crippen molar-refractivity contribution in [1.82, 2.24) is 30.1 Å². The normalized spacial score (nSPS) is 28.1. The van der Waals surface area contributed by atoms with Gasteiger partial charge in [0.15, 0.2) is 0 Å². The Morgan fingerprint density at radius 2 is 2.03 bits per heavy atom. The molecule has 4 fully saturated rings. The first-order valence-electron chi connectivity index (χ1n) is 11.3. The number of hydrogen-bond donors (Lipinski definition) is 1. The van der Waals surface area contributed by atoms with Gasteiger partial charge in [-0.05, 0) is 50.8 Å². The van der Waals surface area contributed by atoms with Gasteiger partial charge in [0.05, 0.1) is 18.2 Å². The zero-order chi connectivity index (χ0) is 20.5. The molecule has 4 heterocycles. The third-order valence-electron chi connectivity index (χ3n) is 6.85. The van der Waals surface area contributed by atoms with Crippen LogP contribution < -0.4 is 5.32 Å². The highest BCUT2D eigenvalue weighted by molar-refractivity contribution is 5.80. The van der Waals surface area contributed by atoms with E-state index in [4.69, 9.17) is 0 Å². The highest BCUT2D eigenvalue weighted by atomic mass is 16.2. The molecule has 1 saturated carbocycles. The molecule has 7 heteroatoms. The Hall–Kier alpha value is -2.25. The van der Waals surface area contributed by atoms with Crippen molar-refractivity contribution in [2.45, 2.75) is 57.4 Å². The second-order valence-electron chi connectivity index (χ2n) is 9.41. The highest BCUT2D eigenvalue weighted by Crippen LogP contribution is 2.37. The van der Waals surface area contributed by atoms with Crippen LogP contribution in [-0.2, 0) is 24.4 Å². The van der Waals surface area contributed by atoms with E-state index < -0.39 is 0 Å². The van der Waals surface area contributed by atoms with Crippen LogP contribution in [0.2, 0.25) is 0 Å². The molecule has 160 valence electrons. The second kappa shape index (κ2) is 8.47. The Bertz CT molecular complexity index is 864. The molecule has 6 rings (SSSR count). The molecule has 30 heavy (non-hydrogen) atoms. The lowest BCUT2D eigenvalue weighted by Gasteiger charge is -2.49. The minimum Gasteiger partial charge on any atom is -0.353 e. The van der Waals surface area contributed by atoms with Crippen molar-refractivity contribution >= 4 is 5.91 Å². The lowest BCUT2D eigenvalue weighted by Crippen LogP contribution is -2.58. The summed E-state index contributed by atoms with van der Waals surface area (Å²) in [5, 5.41) is 12.0. The molecule has 1 aromatic heterocycles. The van der Waals surface area contributed by atoms with Crippen LogP contribution in [-0.4, -0.2) is 62.9 Å². The van der Waals surface area contributed by atoms with Gasteiger partial charge in [0.25, 0.3) is 0 Å². The summed E-state index contributed by atoms with van der Waals surface area (Å²) in [5.74, 6) is 0.974. The zero-order valence-electron chi connectivity index (χ0n) is 17.8. The van der Waals surface area contributed by atoms with Crippen molar-refractivity contribution in [3.8, 4) is 0 Å². The van der Waals surface area contributed by atoms with Crippen molar-refractivity contribution in [1.29, 1.82) is 0 Å². The quantitative estimate of drug-likeness (QED) is 0.723. The first-order valence-corrected chi connectivity index (χ1v) is 11.3. The summed E-state index contributed by atoms with van der Waals surface area (Å²) in [4.78, 5) is 17.3. The van der Waals surface area contributed by atoms with Crippen LogP contribution >= 0.6 is 0 Å². The molecule has 1 aliphatic carbocycles. The fourth-order valence-corrected chi connectivity index (χ4v) is 5.10. The summed E-state index contributed by atoms with van der Waals surface area (Å²) in [6.07, 6.45) is 6.63. The Morgan fingerprint density at radius 3 is 2.77 bits per heavy atom. The summed E-state index contributed by atoms with van der Waals surface area (Å²) < 4.78 is 2.00. The number of hydrogen-bond acceptors (Lipinski definition) is 5. The van der Waals surface area contributed by atoms with Crippen LogP contribution in [0.15, 0.2) is 36.5 Å². The smallest absolute Gasteiger partial charge is 0.224 e. The van der Waals surface area contributed by atoms with Gasteiger partial charge in [0.1, 0.15) is 0 Å². The van der Waals surface area contributed by atoms with Crippen LogP contribution in [0.5, 0.6) is 0 Å². The van der Waals surface area contributed by atoms with E-state index in [0.29, 0.717) is 18.0 Å². The third kappa shape index (κ3) is 4.57. The fourth-order valence-electron chi connectivity index (χ4n) is 5.10. The van der Waals surface area contributed by atoms with E-state index in [2.05, 4.69) is 62.9 Å². The molecule has 2 bridgehead atoms. The van der Waals surface area contributed by atoms with Crippen molar-refractivity contribution < 1.29 is 4.79 Å². The summed E-state index contributed by atoms with van der Waals surface area (Å²) in [6, 6.07) is 11.4. The minimum atomic E-state index is 0.175. The molecule has 0 spiro atoms. The number of nitrogens with one attached hydrogen (secondary N) is 1. The number of aromatic nitrogens is 3. The molecule has 1 aromatic carbocycles. The maximum Gasteiger partial charge on any atom is 0.224 e. The van der Waals surface area contributed by atoms with E-state index in [9.17, 15) is 4.79 Å². The van der Waals surface area contributed by atoms with Gasteiger partial charge in [0.2, 0.25) is 5.91 Å². The maximum atomic E-state index is 12.6. The van der Waals surface area contributed by atoms with E-state index in [0.717, 1.165) is 64.1 Å². The van der Waals surface area contributed by atoms with Crippen LogP contribution in [0, 0.1) is 11.8 Å². The number of carbonyl (C=O) groups is 1. The van der Waals surface area contributed by atoms with Gasteiger partial charge in [-0.25, -0.2) is 0 Å². The molecular weight excluding hydrogens is 376 g/mol. The average molecular weight is 409 g/mol. The predicted molar refractivity (Wildman–Crippen MR) is 114 cm³/mol. The fraction of sp³-hybridized carbons (Fsp3) is 0.609. The van der Waals surface area contributed by atoms with Crippen molar-refractivity contribution in [2.24, 2.45) is 11.8 Å². The molecule has 4 aliphatic rings. The van der Waals surface area contributed by atoms with E-state index in [-0.39, 0.29) is 11.8 Å². The minimum absolute atomic E-state index is 0.175. The van der Waals surface area contributed by atoms with Crippen molar-refractivity contribution in [3.05, 3.63) is 47.8 Å². The van der Waals surface area contributed by atoms with Crippen molar-refractivity contribution in [3.63, 3.8) is 0 Å². The number of fused-ring (bicyclic) bond motifs is 3. The lowest BCUT2D eigenvalue weighted by atomic mass is 9.75.